The van der Waals surface area contributed by atoms with Gasteiger partial charge in [-0.15, -0.1) is 0 Å². The fraction of sp³-hybridized carbons (Fsp3) is 0.300. The van der Waals surface area contributed by atoms with Gasteiger partial charge < -0.3 is 15.1 Å². The van der Waals surface area contributed by atoms with E-state index in [0.717, 1.165) is 16.9 Å². The van der Waals surface area contributed by atoms with Crippen LogP contribution in [0.3, 0.4) is 0 Å². The molecule has 0 heterocycles. The Bertz CT molecular complexity index is 788. The van der Waals surface area contributed by atoms with E-state index in [0.29, 0.717) is 10.7 Å². The molecule has 1 N–H and O–H groups in total. The third kappa shape index (κ3) is 5.23. The first-order chi connectivity index (χ1) is 12.3. The second kappa shape index (κ2) is 8.72. The molecule has 5 nitrogen and oxygen atoms in total. The van der Waals surface area contributed by atoms with Gasteiger partial charge >= 0.3 is 0 Å². The molecule has 0 aliphatic carbocycles. The molecule has 2 rings (SSSR count). The summed E-state index contributed by atoms with van der Waals surface area (Å²) in [5, 5.41) is 3.45. The monoisotopic (exact) mass is 373 g/mol. The Morgan fingerprint density at radius 1 is 1.04 bits per heavy atom. The molecule has 0 aliphatic heterocycles. The minimum Gasteiger partial charge on any atom is -0.378 e. The summed E-state index contributed by atoms with van der Waals surface area (Å²) in [5.41, 5.74) is 3.42. The number of carbonyl (C=O) groups is 2. The third-order valence-corrected chi connectivity index (χ3v) is 4.48. The van der Waals surface area contributed by atoms with Crippen molar-refractivity contribution in [3.05, 3.63) is 53.1 Å². The average Bonchev–Trinajstić information content (AvgIpc) is 2.58. The topological polar surface area (TPSA) is 52.7 Å². The standard InChI is InChI=1S/C20H24ClN3O2/c1-14-5-8-18(13-19(14)21)24(15(2)25)12-11-20(26)22-16-6-9-17(10-7-16)23(3)4/h5-10,13H,11-12H2,1-4H3,(H,22,26). The molecule has 26 heavy (non-hydrogen) atoms. The van der Waals surface area contributed by atoms with Gasteiger partial charge in [-0.3, -0.25) is 9.59 Å². The molecular weight excluding hydrogens is 350 g/mol. The smallest absolute Gasteiger partial charge is 0.226 e. The fourth-order valence-corrected chi connectivity index (χ4v) is 2.67. The number of nitrogens with zero attached hydrogens (tertiary/aromatic N) is 2. The van der Waals surface area contributed by atoms with Crippen molar-refractivity contribution in [1.29, 1.82) is 0 Å². The Hall–Kier alpha value is -2.53. The van der Waals surface area contributed by atoms with Crippen molar-refractivity contribution in [3.63, 3.8) is 0 Å². The molecule has 0 unspecified atom stereocenters. The highest BCUT2D eigenvalue weighted by Gasteiger charge is 2.14. The summed E-state index contributed by atoms with van der Waals surface area (Å²) in [6, 6.07) is 13.0. The molecule has 0 spiro atoms. The molecule has 0 atom stereocenters. The lowest BCUT2D eigenvalue weighted by atomic mass is 10.2. The number of anilines is 3. The van der Waals surface area contributed by atoms with Crippen LogP contribution in [0.1, 0.15) is 18.9 Å². The molecule has 2 aromatic rings. The van der Waals surface area contributed by atoms with Gasteiger partial charge in [0.15, 0.2) is 0 Å². The van der Waals surface area contributed by atoms with Gasteiger partial charge in [-0.05, 0) is 48.9 Å². The number of hydrogen-bond acceptors (Lipinski definition) is 3. The summed E-state index contributed by atoms with van der Waals surface area (Å²) in [7, 11) is 3.92. The predicted octanol–water partition coefficient (Wildman–Crippen LogP) is 4.10. The van der Waals surface area contributed by atoms with E-state index in [2.05, 4.69) is 5.32 Å². The highest BCUT2D eigenvalue weighted by molar-refractivity contribution is 6.31. The molecule has 0 fully saturated rings. The number of halogens is 1. The second-order valence-electron chi connectivity index (χ2n) is 6.34. The SMILES string of the molecule is CC(=O)N(CCC(=O)Nc1ccc(N(C)C)cc1)c1ccc(C)c(Cl)c1. The Morgan fingerprint density at radius 3 is 2.19 bits per heavy atom. The van der Waals surface area contributed by atoms with Gasteiger partial charge in [0.1, 0.15) is 0 Å². The number of hydrogen-bond donors (Lipinski definition) is 1. The maximum absolute atomic E-state index is 12.2. The summed E-state index contributed by atoms with van der Waals surface area (Å²) in [5.74, 6) is -0.278. The minimum atomic E-state index is -0.146. The first-order valence-electron chi connectivity index (χ1n) is 8.39. The molecule has 6 heteroatoms. The van der Waals surface area contributed by atoms with Crippen LogP contribution in [0.5, 0.6) is 0 Å². The first-order valence-corrected chi connectivity index (χ1v) is 8.77. The van der Waals surface area contributed by atoms with E-state index in [9.17, 15) is 9.59 Å². The van der Waals surface area contributed by atoms with Crippen molar-refractivity contribution < 1.29 is 9.59 Å². The van der Waals surface area contributed by atoms with Gasteiger partial charge in [-0.25, -0.2) is 0 Å². The van der Waals surface area contributed by atoms with Gasteiger partial charge in [0.2, 0.25) is 11.8 Å². The lowest BCUT2D eigenvalue weighted by molar-refractivity contribution is -0.117. The highest BCUT2D eigenvalue weighted by Crippen LogP contribution is 2.23. The summed E-state index contributed by atoms with van der Waals surface area (Å²) in [6.07, 6.45) is 0.195. The van der Waals surface area contributed by atoms with E-state index in [1.165, 1.54) is 6.92 Å². The molecule has 0 saturated heterocycles. The molecule has 2 amide bonds. The van der Waals surface area contributed by atoms with Gasteiger partial charge in [-0.1, -0.05) is 17.7 Å². The van der Waals surface area contributed by atoms with Crippen LogP contribution in [0.15, 0.2) is 42.5 Å². The van der Waals surface area contributed by atoms with Crippen LogP contribution in [0.2, 0.25) is 5.02 Å². The zero-order valence-electron chi connectivity index (χ0n) is 15.5. The summed E-state index contributed by atoms with van der Waals surface area (Å²) < 4.78 is 0. The van der Waals surface area contributed by atoms with Gasteiger partial charge in [-0.2, -0.15) is 0 Å². The Labute approximate surface area is 159 Å². The quantitative estimate of drug-likeness (QED) is 0.829. The molecule has 138 valence electrons. The van der Waals surface area contributed by atoms with Crippen LogP contribution in [0.4, 0.5) is 17.1 Å². The zero-order valence-corrected chi connectivity index (χ0v) is 16.3. The van der Waals surface area contributed by atoms with Crippen LogP contribution in [-0.4, -0.2) is 32.5 Å². The van der Waals surface area contributed by atoms with Crippen molar-refractivity contribution >= 4 is 40.5 Å². The fourth-order valence-electron chi connectivity index (χ4n) is 2.50. The van der Waals surface area contributed by atoms with Gasteiger partial charge in [0.05, 0.1) is 0 Å². The number of carbonyl (C=O) groups excluding carboxylic acids is 2. The molecule has 0 aromatic heterocycles. The van der Waals surface area contributed by atoms with E-state index in [1.54, 1.807) is 11.0 Å². The molecule has 0 aliphatic rings. The van der Waals surface area contributed by atoms with E-state index in [4.69, 9.17) is 11.6 Å². The number of nitrogens with one attached hydrogen (secondary N) is 1. The summed E-state index contributed by atoms with van der Waals surface area (Å²) in [6.45, 7) is 3.67. The average molecular weight is 374 g/mol. The van der Waals surface area contributed by atoms with Crippen molar-refractivity contribution in [2.45, 2.75) is 20.3 Å². The van der Waals surface area contributed by atoms with E-state index < -0.39 is 0 Å². The van der Waals surface area contributed by atoms with Gasteiger partial charge in [0.25, 0.3) is 0 Å². The first kappa shape index (κ1) is 19.8. The van der Waals surface area contributed by atoms with Crippen LogP contribution in [-0.2, 0) is 9.59 Å². The normalized spacial score (nSPS) is 10.3. The van der Waals surface area contributed by atoms with Crippen molar-refractivity contribution in [2.75, 3.05) is 35.8 Å². The predicted molar refractivity (Wildman–Crippen MR) is 108 cm³/mol. The van der Waals surface area contributed by atoms with Crippen LogP contribution in [0, 0.1) is 6.92 Å². The van der Waals surface area contributed by atoms with Crippen molar-refractivity contribution in [1.82, 2.24) is 0 Å². The van der Waals surface area contributed by atoms with Crippen molar-refractivity contribution in [3.8, 4) is 0 Å². The zero-order chi connectivity index (χ0) is 19.3. The minimum absolute atomic E-state index is 0.131. The molecule has 2 aromatic carbocycles. The molecular formula is C20H24ClN3O2. The number of aryl methyl sites for hydroxylation is 1. The van der Waals surface area contributed by atoms with Crippen LogP contribution in [0.25, 0.3) is 0 Å². The Kier molecular flexibility index (Phi) is 6.64. The highest BCUT2D eigenvalue weighted by atomic mass is 35.5. The van der Waals surface area contributed by atoms with Gasteiger partial charge in [0, 0.05) is 56.1 Å². The number of rotatable bonds is 6. The lowest BCUT2D eigenvalue weighted by Gasteiger charge is -2.21. The summed E-state index contributed by atoms with van der Waals surface area (Å²) in [4.78, 5) is 27.7. The lowest BCUT2D eigenvalue weighted by Crippen LogP contribution is -2.32. The Balaban J connectivity index is 1.98. The summed E-state index contributed by atoms with van der Waals surface area (Å²) >= 11 is 6.15. The maximum atomic E-state index is 12.2. The van der Waals surface area contributed by atoms with E-state index >= 15 is 0 Å². The van der Waals surface area contributed by atoms with E-state index in [-0.39, 0.29) is 24.8 Å². The van der Waals surface area contributed by atoms with E-state index in [1.807, 2.05) is 62.3 Å². The van der Waals surface area contributed by atoms with Crippen LogP contribution >= 0.6 is 11.6 Å². The number of amides is 2. The second-order valence-corrected chi connectivity index (χ2v) is 6.75. The van der Waals surface area contributed by atoms with Crippen molar-refractivity contribution in [2.24, 2.45) is 0 Å². The number of benzene rings is 2. The molecule has 0 radical (unpaired) electrons. The van der Waals surface area contributed by atoms with Crippen LogP contribution < -0.4 is 15.1 Å². The maximum Gasteiger partial charge on any atom is 0.226 e. The molecule has 0 bridgehead atoms. The Morgan fingerprint density at radius 2 is 1.65 bits per heavy atom. The largest absolute Gasteiger partial charge is 0.378 e. The molecule has 0 saturated carbocycles. The third-order valence-electron chi connectivity index (χ3n) is 4.08.